The van der Waals surface area contributed by atoms with E-state index in [9.17, 15) is 9.90 Å². The number of methoxy groups -OCH3 is 1. The van der Waals surface area contributed by atoms with Gasteiger partial charge in [-0.05, 0) is 43.0 Å². The van der Waals surface area contributed by atoms with Gasteiger partial charge in [-0.15, -0.1) is 11.8 Å². The van der Waals surface area contributed by atoms with Gasteiger partial charge in [-0.25, -0.2) is 0 Å². The maximum atomic E-state index is 11.6. The van der Waals surface area contributed by atoms with E-state index >= 15 is 0 Å². The van der Waals surface area contributed by atoms with Crippen LogP contribution in [0.3, 0.4) is 0 Å². The van der Waals surface area contributed by atoms with E-state index in [1.54, 1.807) is 13.3 Å². The zero-order valence-electron chi connectivity index (χ0n) is 11.8. The Kier molecular flexibility index (Phi) is 3.87. The van der Waals surface area contributed by atoms with Crippen molar-refractivity contribution in [2.75, 3.05) is 7.11 Å². The monoisotopic (exact) mass is 303 g/mol. The number of aromatic nitrogens is 1. The van der Waals surface area contributed by atoms with E-state index in [1.807, 2.05) is 24.3 Å². The second kappa shape index (κ2) is 5.66. The number of fused-ring (bicyclic) bond motifs is 1. The highest BCUT2D eigenvalue weighted by atomic mass is 32.2. The summed E-state index contributed by atoms with van der Waals surface area (Å²) in [6.07, 6.45) is 4.19. The van der Waals surface area contributed by atoms with E-state index in [0.29, 0.717) is 6.61 Å². The molecule has 1 N–H and O–H groups in total. The summed E-state index contributed by atoms with van der Waals surface area (Å²) in [7, 11) is 1.66. The first-order valence-electron chi connectivity index (χ1n) is 6.94. The molecule has 21 heavy (non-hydrogen) atoms. The summed E-state index contributed by atoms with van der Waals surface area (Å²) in [6.45, 7) is 0.541. The lowest BCUT2D eigenvalue weighted by Gasteiger charge is -2.37. The lowest BCUT2D eigenvalue weighted by Crippen LogP contribution is -2.41. The van der Waals surface area contributed by atoms with Gasteiger partial charge in [0.15, 0.2) is 0 Å². The van der Waals surface area contributed by atoms with Crippen molar-refractivity contribution < 1.29 is 14.6 Å². The van der Waals surface area contributed by atoms with Crippen LogP contribution < -0.4 is 0 Å². The molecule has 4 nitrogen and oxygen atoms in total. The van der Waals surface area contributed by atoms with Gasteiger partial charge in [0.05, 0.1) is 12.1 Å². The van der Waals surface area contributed by atoms with Crippen molar-refractivity contribution >= 4 is 28.6 Å². The number of aliphatic carboxylic acids is 1. The SMILES string of the molecule is COCc1ccc2nccc(SC3(C(=O)O)CCC3)c2c1. The van der Waals surface area contributed by atoms with Crippen molar-refractivity contribution in [1.29, 1.82) is 0 Å². The van der Waals surface area contributed by atoms with Crippen molar-refractivity contribution in [2.45, 2.75) is 35.5 Å². The molecule has 1 fully saturated rings. The Bertz CT molecular complexity index is 682. The summed E-state index contributed by atoms with van der Waals surface area (Å²) >= 11 is 1.46. The highest BCUT2D eigenvalue weighted by molar-refractivity contribution is 8.01. The third-order valence-electron chi connectivity index (χ3n) is 3.93. The molecule has 1 aromatic heterocycles. The zero-order valence-corrected chi connectivity index (χ0v) is 12.7. The lowest BCUT2D eigenvalue weighted by molar-refractivity contribution is -0.142. The average molecular weight is 303 g/mol. The standard InChI is InChI=1S/C16H17NO3S/c1-20-10-11-3-4-13-12(9-11)14(5-8-17-13)21-16(15(18)19)6-2-7-16/h3-5,8-9H,2,6-7,10H2,1H3,(H,18,19). The summed E-state index contributed by atoms with van der Waals surface area (Å²) in [6, 6.07) is 7.90. The van der Waals surface area contributed by atoms with Crippen LogP contribution in [0.5, 0.6) is 0 Å². The second-order valence-electron chi connectivity index (χ2n) is 5.35. The molecule has 1 aliphatic rings. The zero-order chi connectivity index (χ0) is 14.9. The molecule has 0 amide bonds. The van der Waals surface area contributed by atoms with E-state index in [0.717, 1.165) is 40.6 Å². The number of nitrogens with zero attached hydrogens (tertiary/aromatic N) is 1. The van der Waals surface area contributed by atoms with Crippen LogP contribution in [0, 0.1) is 0 Å². The van der Waals surface area contributed by atoms with Crippen LogP contribution in [0.15, 0.2) is 35.4 Å². The highest BCUT2D eigenvalue weighted by Gasteiger charge is 2.45. The van der Waals surface area contributed by atoms with Gasteiger partial charge in [0, 0.05) is 23.6 Å². The number of hydrogen-bond acceptors (Lipinski definition) is 4. The van der Waals surface area contributed by atoms with Crippen molar-refractivity contribution in [3.05, 3.63) is 36.0 Å². The van der Waals surface area contributed by atoms with E-state index in [4.69, 9.17) is 4.74 Å². The topological polar surface area (TPSA) is 59.4 Å². The van der Waals surface area contributed by atoms with Crippen molar-refractivity contribution in [3.8, 4) is 0 Å². The number of pyridine rings is 1. The fourth-order valence-corrected chi connectivity index (χ4v) is 3.98. The van der Waals surface area contributed by atoms with Gasteiger partial charge < -0.3 is 9.84 Å². The normalized spacial score (nSPS) is 16.6. The molecule has 1 heterocycles. The summed E-state index contributed by atoms with van der Waals surface area (Å²) in [5, 5.41) is 10.5. The van der Waals surface area contributed by atoms with Crippen LogP contribution in [0.2, 0.25) is 0 Å². The molecule has 1 aliphatic carbocycles. The molecule has 2 aromatic rings. The van der Waals surface area contributed by atoms with Gasteiger partial charge in [-0.1, -0.05) is 6.07 Å². The number of ether oxygens (including phenoxy) is 1. The van der Waals surface area contributed by atoms with Gasteiger partial charge in [-0.3, -0.25) is 9.78 Å². The van der Waals surface area contributed by atoms with E-state index in [2.05, 4.69) is 4.98 Å². The van der Waals surface area contributed by atoms with Crippen LogP contribution in [-0.2, 0) is 16.1 Å². The Morgan fingerprint density at radius 3 is 2.86 bits per heavy atom. The summed E-state index contributed by atoms with van der Waals surface area (Å²) in [5.41, 5.74) is 1.96. The van der Waals surface area contributed by atoms with Crippen LogP contribution >= 0.6 is 11.8 Å². The first-order chi connectivity index (χ1) is 10.1. The molecule has 5 heteroatoms. The largest absolute Gasteiger partial charge is 0.480 e. The molecule has 0 unspecified atom stereocenters. The number of carboxylic acid groups (broad SMARTS) is 1. The molecule has 0 atom stereocenters. The molecule has 0 spiro atoms. The van der Waals surface area contributed by atoms with Crippen LogP contribution in [0.4, 0.5) is 0 Å². The number of benzene rings is 1. The number of carboxylic acids is 1. The van der Waals surface area contributed by atoms with E-state index in [1.165, 1.54) is 11.8 Å². The minimum atomic E-state index is -0.711. The van der Waals surface area contributed by atoms with Crippen molar-refractivity contribution in [1.82, 2.24) is 4.98 Å². The minimum Gasteiger partial charge on any atom is -0.480 e. The van der Waals surface area contributed by atoms with Crippen molar-refractivity contribution in [3.63, 3.8) is 0 Å². The fourth-order valence-electron chi connectivity index (χ4n) is 2.58. The van der Waals surface area contributed by atoms with Gasteiger partial charge >= 0.3 is 5.97 Å². The van der Waals surface area contributed by atoms with Gasteiger partial charge in [-0.2, -0.15) is 0 Å². The Hall–Kier alpha value is -1.59. The van der Waals surface area contributed by atoms with Crippen LogP contribution in [0.25, 0.3) is 10.9 Å². The van der Waals surface area contributed by atoms with Gasteiger partial charge in [0.1, 0.15) is 4.75 Å². The molecule has 0 saturated heterocycles. The lowest BCUT2D eigenvalue weighted by atomic mass is 9.84. The smallest absolute Gasteiger partial charge is 0.320 e. The number of carbonyl (C=O) groups is 1. The third kappa shape index (κ3) is 2.63. The minimum absolute atomic E-state index is 0.541. The van der Waals surface area contributed by atoms with Gasteiger partial charge in [0.2, 0.25) is 0 Å². The van der Waals surface area contributed by atoms with Crippen LogP contribution in [-0.4, -0.2) is 27.9 Å². The third-order valence-corrected chi connectivity index (χ3v) is 5.48. The second-order valence-corrected chi connectivity index (χ2v) is 6.77. The maximum absolute atomic E-state index is 11.6. The van der Waals surface area contributed by atoms with E-state index < -0.39 is 10.7 Å². The number of rotatable bonds is 5. The first-order valence-corrected chi connectivity index (χ1v) is 7.75. The number of thioether (sulfide) groups is 1. The first kappa shape index (κ1) is 14.4. The molecule has 0 bridgehead atoms. The Morgan fingerprint density at radius 1 is 1.43 bits per heavy atom. The predicted octanol–water partition coefficient (Wildman–Crippen LogP) is 3.48. The predicted molar refractivity (Wildman–Crippen MR) is 82.5 cm³/mol. The molecule has 1 saturated carbocycles. The van der Waals surface area contributed by atoms with Gasteiger partial charge in [0.25, 0.3) is 0 Å². The van der Waals surface area contributed by atoms with Crippen molar-refractivity contribution in [2.24, 2.45) is 0 Å². The number of hydrogen-bond donors (Lipinski definition) is 1. The summed E-state index contributed by atoms with van der Waals surface area (Å²) in [5.74, 6) is -0.711. The summed E-state index contributed by atoms with van der Waals surface area (Å²) in [4.78, 5) is 16.9. The van der Waals surface area contributed by atoms with E-state index in [-0.39, 0.29) is 0 Å². The molecule has 110 valence electrons. The maximum Gasteiger partial charge on any atom is 0.320 e. The van der Waals surface area contributed by atoms with Crippen LogP contribution in [0.1, 0.15) is 24.8 Å². The molecule has 0 radical (unpaired) electrons. The average Bonchev–Trinajstić information content (AvgIpc) is 2.43. The molecular formula is C16H17NO3S. The molecule has 0 aliphatic heterocycles. The Labute approximate surface area is 127 Å². The quantitative estimate of drug-likeness (QED) is 0.916. The molecular weight excluding hydrogens is 286 g/mol. The summed E-state index contributed by atoms with van der Waals surface area (Å²) < 4.78 is 4.51. The fraction of sp³-hybridized carbons (Fsp3) is 0.375. The highest BCUT2D eigenvalue weighted by Crippen LogP contribution is 2.49. The Balaban J connectivity index is 2.01. The molecule has 3 rings (SSSR count). The Morgan fingerprint density at radius 2 is 2.24 bits per heavy atom. The molecule has 1 aromatic carbocycles.